The fraction of sp³-hybridized carbons (Fsp3) is 0.571. The molecule has 1 saturated heterocycles. The van der Waals surface area contributed by atoms with Crippen molar-refractivity contribution in [2.24, 2.45) is 29.4 Å². The van der Waals surface area contributed by atoms with E-state index in [1.54, 1.807) is 12.4 Å². The van der Waals surface area contributed by atoms with Crippen LogP contribution in [0.3, 0.4) is 0 Å². The van der Waals surface area contributed by atoms with Crippen LogP contribution in [0.2, 0.25) is 0 Å². The molecule has 0 radical (unpaired) electrons. The third kappa shape index (κ3) is 6.21. The summed E-state index contributed by atoms with van der Waals surface area (Å²) in [5.74, 6) is 1.31. The molecule has 3 N–H and O–H groups in total. The third-order valence-electron chi connectivity index (χ3n) is 8.27. The maximum atomic E-state index is 12.8. The fourth-order valence-electron chi connectivity index (χ4n) is 6.33. The number of hydrogen-bond acceptors (Lipinski definition) is 7. The zero-order valence-electron chi connectivity index (χ0n) is 21.4. The molecule has 3 aliphatic rings. The second-order valence-electron chi connectivity index (χ2n) is 10.6. The number of nitrogens with zero attached hydrogens (tertiary/aromatic N) is 4. The predicted octanol–water partition coefficient (Wildman–Crippen LogP) is 2.22. The van der Waals surface area contributed by atoms with Crippen molar-refractivity contribution >= 4 is 17.8 Å². The Morgan fingerprint density at radius 1 is 0.973 bits per heavy atom. The van der Waals surface area contributed by atoms with Crippen LogP contribution in [0.5, 0.6) is 5.75 Å². The summed E-state index contributed by atoms with van der Waals surface area (Å²) in [5.41, 5.74) is 6.73. The lowest BCUT2D eigenvalue weighted by molar-refractivity contribution is -0.135. The Labute approximate surface area is 218 Å². The van der Waals surface area contributed by atoms with Gasteiger partial charge in [-0.15, -0.1) is 0 Å². The van der Waals surface area contributed by atoms with E-state index in [1.807, 2.05) is 30.3 Å². The van der Waals surface area contributed by atoms with Crippen LogP contribution in [-0.2, 0) is 16.2 Å². The normalized spacial score (nSPS) is 25.2. The number of aromatic nitrogens is 2. The molecule has 4 unspecified atom stereocenters. The van der Waals surface area contributed by atoms with Crippen LogP contribution < -0.4 is 20.7 Å². The van der Waals surface area contributed by atoms with E-state index in [0.29, 0.717) is 30.7 Å². The number of ether oxygens (including phenoxy) is 1. The molecule has 1 aliphatic heterocycles. The number of anilines is 1. The Morgan fingerprint density at radius 2 is 1.68 bits per heavy atom. The summed E-state index contributed by atoms with van der Waals surface area (Å²) in [6, 6.07) is 10.0. The largest absolute Gasteiger partial charge is 0.486 e. The topological polar surface area (TPSA) is 114 Å². The number of primary amides is 1. The van der Waals surface area contributed by atoms with E-state index in [9.17, 15) is 9.59 Å². The van der Waals surface area contributed by atoms with Gasteiger partial charge in [0.05, 0.1) is 24.2 Å². The minimum atomic E-state index is -0.302. The van der Waals surface area contributed by atoms with Crippen molar-refractivity contribution < 1.29 is 14.3 Å². The number of rotatable bonds is 11. The number of amides is 2. The summed E-state index contributed by atoms with van der Waals surface area (Å²) in [6.45, 7) is 5.88. The Hall–Kier alpha value is -3.20. The number of fused-ring (bicyclic) bond motifs is 2. The number of carbonyl (C=O) groups is 2. The molecule has 1 aromatic carbocycles. The molecular weight excluding hydrogens is 468 g/mol. The molecule has 2 bridgehead atoms. The molecule has 0 spiro atoms. The van der Waals surface area contributed by atoms with Gasteiger partial charge in [0.2, 0.25) is 17.8 Å². The van der Waals surface area contributed by atoms with Crippen molar-refractivity contribution in [3.63, 3.8) is 0 Å². The predicted molar refractivity (Wildman–Crippen MR) is 141 cm³/mol. The van der Waals surface area contributed by atoms with Crippen molar-refractivity contribution in [2.45, 2.75) is 38.7 Å². The van der Waals surface area contributed by atoms with Crippen molar-refractivity contribution in [1.82, 2.24) is 20.2 Å². The second kappa shape index (κ2) is 11.9. The molecule has 4 atom stereocenters. The summed E-state index contributed by atoms with van der Waals surface area (Å²) < 4.78 is 5.79. The first-order valence-corrected chi connectivity index (χ1v) is 13.6. The quantitative estimate of drug-likeness (QED) is 0.449. The molecule has 9 heteroatoms. The molecule has 1 aromatic heterocycles. The van der Waals surface area contributed by atoms with Gasteiger partial charge in [0.15, 0.2) is 5.75 Å². The molecule has 5 rings (SSSR count). The molecule has 2 amide bonds. The molecule has 198 valence electrons. The Bertz CT molecular complexity index is 1040. The maximum Gasteiger partial charge on any atom is 0.225 e. The SMILES string of the molecule is NC(=O)C1C2CCC(C2)C1C(=O)NCCCCN1CCN(c2ncc(OCc3ccccc3)cn2)CC1. The van der Waals surface area contributed by atoms with E-state index in [0.717, 1.165) is 76.3 Å². The van der Waals surface area contributed by atoms with E-state index in [-0.39, 0.29) is 23.7 Å². The molecule has 3 fully saturated rings. The van der Waals surface area contributed by atoms with Crippen LogP contribution in [0.25, 0.3) is 0 Å². The summed E-state index contributed by atoms with van der Waals surface area (Å²) in [5, 5.41) is 3.08. The van der Waals surface area contributed by atoms with Crippen LogP contribution in [0.1, 0.15) is 37.7 Å². The number of unbranched alkanes of at least 4 members (excludes halogenated alkanes) is 1. The zero-order chi connectivity index (χ0) is 25.6. The zero-order valence-corrected chi connectivity index (χ0v) is 21.4. The molecule has 2 heterocycles. The second-order valence-corrected chi connectivity index (χ2v) is 10.6. The average Bonchev–Trinajstić information content (AvgIpc) is 3.55. The fourth-order valence-corrected chi connectivity index (χ4v) is 6.33. The van der Waals surface area contributed by atoms with Gasteiger partial charge in [-0.1, -0.05) is 30.3 Å². The molecule has 9 nitrogen and oxygen atoms in total. The minimum absolute atomic E-state index is 0.0288. The van der Waals surface area contributed by atoms with E-state index in [1.165, 1.54) is 0 Å². The number of nitrogens with two attached hydrogens (primary N) is 1. The highest BCUT2D eigenvalue weighted by Gasteiger charge is 2.53. The standard InChI is InChI=1S/C28H38N6O3/c29-26(35)24-21-8-9-22(16-21)25(24)27(36)30-10-4-5-11-33-12-14-34(15-13-33)28-31-17-23(18-32-28)37-19-20-6-2-1-3-7-20/h1-3,6-7,17-18,21-22,24-25H,4-5,8-16,19H2,(H2,29,35)(H,30,36). The van der Waals surface area contributed by atoms with Gasteiger partial charge in [0, 0.05) is 32.7 Å². The molecular formula is C28H38N6O3. The third-order valence-corrected chi connectivity index (χ3v) is 8.27. The molecule has 37 heavy (non-hydrogen) atoms. The lowest BCUT2D eigenvalue weighted by Gasteiger charge is -2.34. The van der Waals surface area contributed by atoms with Gasteiger partial charge >= 0.3 is 0 Å². The average molecular weight is 507 g/mol. The lowest BCUT2D eigenvalue weighted by atomic mass is 9.78. The van der Waals surface area contributed by atoms with Crippen molar-refractivity contribution in [3.8, 4) is 5.75 Å². The minimum Gasteiger partial charge on any atom is -0.486 e. The first-order chi connectivity index (χ1) is 18.1. The van der Waals surface area contributed by atoms with Crippen LogP contribution >= 0.6 is 0 Å². The smallest absolute Gasteiger partial charge is 0.225 e. The van der Waals surface area contributed by atoms with Gasteiger partial charge in [-0.2, -0.15) is 0 Å². The highest BCUT2D eigenvalue weighted by molar-refractivity contribution is 5.88. The monoisotopic (exact) mass is 506 g/mol. The molecule has 2 aromatic rings. The van der Waals surface area contributed by atoms with Gasteiger partial charge in [0.25, 0.3) is 0 Å². The number of piperazine rings is 1. The first kappa shape index (κ1) is 25.4. The number of hydrogen-bond donors (Lipinski definition) is 2. The van der Waals surface area contributed by atoms with Gasteiger partial charge in [-0.05, 0) is 56.0 Å². The van der Waals surface area contributed by atoms with Gasteiger partial charge in [0.1, 0.15) is 6.61 Å². The van der Waals surface area contributed by atoms with E-state index >= 15 is 0 Å². The maximum absolute atomic E-state index is 12.8. The van der Waals surface area contributed by atoms with Gasteiger partial charge < -0.3 is 20.7 Å². The van der Waals surface area contributed by atoms with E-state index < -0.39 is 0 Å². The van der Waals surface area contributed by atoms with Crippen molar-refractivity contribution in [3.05, 3.63) is 48.3 Å². The van der Waals surface area contributed by atoms with Gasteiger partial charge in [-0.25, -0.2) is 9.97 Å². The number of nitrogens with one attached hydrogen (secondary N) is 1. The molecule has 2 aliphatic carbocycles. The van der Waals surface area contributed by atoms with Crippen LogP contribution in [-0.4, -0.2) is 66.0 Å². The summed E-state index contributed by atoms with van der Waals surface area (Å²) in [6.07, 6.45) is 8.52. The van der Waals surface area contributed by atoms with Crippen LogP contribution in [0.4, 0.5) is 5.95 Å². The number of benzene rings is 1. The van der Waals surface area contributed by atoms with Crippen LogP contribution in [0, 0.1) is 23.7 Å². The molecule has 2 saturated carbocycles. The number of carbonyl (C=O) groups excluding carboxylic acids is 2. The highest BCUT2D eigenvalue weighted by atomic mass is 16.5. The lowest BCUT2D eigenvalue weighted by Crippen LogP contribution is -2.47. The summed E-state index contributed by atoms with van der Waals surface area (Å²) >= 11 is 0. The Balaban J connectivity index is 0.968. The van der Waals surface area contributed by atoms with Crippen molar-refractivity contribution in [1.29, 1.82) is 0 Å². The Morgan fingerprint density at radius 3 is 2.38 bits per heavy atom. The highest BCUT2D eigenvalue weighted by Crippen LogP contribution is 2.52. The Kier molecular flexibility index (Phi) is 8.18. The summed E-state index contributed by atoms with van der Waals surface area (Å²) in [7, 11) is 0. The van der Waals surface area contributed by atoms with E-state index in [2.05, 4.69) is 25.1 Å². The van der Waals surface area contributed by atoms with Crippen LogP contribution in [0.15, 0.2) is 42.7 Å². The van der Waals surface area contributed by atoms with Gasteiger partial charge in [-0.3, -0.25) is 14.5 Å². The van der Waals surface area contributed by atoms with Crippen molar-refractivity contribution in [2.75, 3.05) is 44.2 Å². The first-order valence-electron chi connectivity index (χ1n) is 13.6. The summed E-state index contributed by atoms with van der Waals surface area (Å²) in [4.78, 5) is 38.3. The van der Waals surface area contributed by atoms with E-state index in [4.69, 9.17) is 10.5 Å².